The highest BCUT2D eigenvalue weighted by molar-refractivity contribution is 7.92. The first-order chi connectivity index (χ1) is 13.4. The molecule has 1 saturated heterocycles. The van der Waals surface area contributed by atoms with Crippen molar-refractivity contribution in [2.45, 2.75) is 29.9 Å². The number of carbonyl (C=O) groups is 2. The van der Waals surface area contributed by atoms with Crippen LogP contribution < -0.4 is 4.90 Å². The Morgan fingerprint density at radius 1 is 1.14 bits per heavy atom. The molecule has 29 heavy (non-hydrogen) atoms. The molecule has 0 N–H and O–H groups in total. The number of hydrogen-bond donors (Lipinski definition) is 0. The first-order valence-corrected chi connectivity index (χ1v) is 9.95. The quantitative estimate of drug-likeness (QED) is 0.670. The lowest BCUT2D eigenvalue weighted by Gasteiger charge is -2.20. The number of pyridine rings is 1. The Morgan fingerprint density at radius 3 is 2.31 bits per heavy atom. The van der Waals surface area contributed by atoms with E-state index in [0.717, 1.165) is 17.0 Å². The van der Waals surface area contributed by atoms with Crippen LogP contribution in [0.15, 0.2) is 47.6 Å². The number of nitrogens with zero attached hydrogens (tertiary/aromatic N) is 3. The van der Waals surface area contributed by atoms with Gasteiger partial charge in [0.15, 0.2) is 0 Å². The molecule has 0 saturated carbocycles. The molecule has 0 spiro atoms. The van der Waals surface area contributed by atoms with Crippen LogP contribution in [0.4, 0.5) is 23.7 Å². The summed E-state index contributed by atoms with van der Waals surface area (Å²) < 4.78 is 60.9. The fourth-order valence-corrected chi connectivity index (χ4v) is 3.72. The van der Waals surface area contributed by atoms with Crippen molar-refractivity contribution in [3.8, 4) is 0 Å². The number of sulfone groups is 1. The van der Waals surface area contributed by atoms with Crippen LogP contribution in [-0.2, 0) is 21.2 Å². The van der Waals surface area contributed by atoms with Gasteiger partial charge in [-0.05, 0) is 42.8 Å². The maximum atomic E-state index is 12.8. The van der Waals surface area contributed by atoms with Gasteiger partial charge in [-0.25, -0.2) is 18.1 Å². The highest BCUT2D eigenvalue weighted by Gasteiger charge is 2.47. The van der Waals surface area contributed by atoms with Crippen molar-refractivity contribution in [1.82, 2.24) is 9.88 Å². The van der Waals surface area contributed by atoms with Crippen LogP contribution in [0.2, 0.25) is 5.02 Å². The van der Waals surface area contributed by atoms with E-state index in [4.69, 9.17) is 11.6 Å². The lowest BCUT2D eigenvalue weighted by molar-refractivity contribution is -0.119. The van der Waals surface area contributed by atoms with E-state index < -0.39 is 38.2 Å². The van der Waals surface area contributed by atoms with Crippen LogP contribution in [0, 0.1) is 0 Å². The van der Waals surface area contributed by atoms with E-state index in [1.165, 1.54) is 24.2 Å². The molecule has 1 aromatic carbocycles. The molecule has 7 nitrogen and oxygen atoms in total. The summed E-state index contributed by atoms with van der Waals surface area (Å²) in [6, 6.07) is 3.38. The highest BCUT2D eigenvalue weighted by Crippen LogP contribution is 2.33. The molecule has 2 heterocycles. The topological polar surface area (TPSA) is 87.7 Å². The fraction of sp³-hybridized carbons (Fsp3) is 0.235. The zero-order chi connectivity index (χ0) is 21.6. The molecule has 1 aliphatic heterocycles. The fourth-order valence-electron chi connectivity index (χ4n) is 2.77. The smallest absolute Gasteiger partial charge is 0.308 e. The normalized spacial score (nSPS) is 17.9. The molecule has 3 rings (SSSR count). The van der Waals surface area contributed by atoms with Gasteiger partial charge in [0.1, 0.15) is 6.04 Å². The second-order valence-electron chi connectivity index (χ2n) is 6.17. The van der Waals surface area contributed by atoms with Gasteiger partial charge in [0.2, 0.25) is 0 Å². The zero-order valence-corrected chi connectivity index (χ0v) is 16.3. The maximum absolute atomic E-state index is 12.8. The number of urea groups is 1. The molecule has 0 radical (unpaired) electrons. The summed E-state index contributed by atoms with van der Waals surface area (Å²) in [7, 11) is -5.53. The summed E-state index contributed by atoms with van der Waals surface area (Å²) in [5.74, 6) is -0.605. The Hall–Kier alpha value is -2.66. The molecule has 154 valence electrons. The Bertz CT molecular complexity index is 1070. The van der Waals surface area contributed by atoms with Crippen LogP contribution in [0.5, 0.6) is 0 Å². The Balaban J connectivity index is 1.89. The van der Waals surface area contributed by atoms with Crippen LogP contribution in [-0.4, -0.2) is 41.8 Å². The van der Waals surface area contributed by atoms with Crippen molar-refractivity contribution in [3.05, 3.63) is 53.3 Å². The molecule has 0 aliphatic carbocycles. The highest BCUT2D eigenvalue weighted by atomic mass is 35.5. The van der Waals surface area contributed by atoms with Crippen LogP contribution in [0.1, 0.15) is 12.5 Å². The maximum Gasteiger partial charge on any atom is 0.501 e. The summed E-state index contributed by atoms with van der Waals surface area (Å²) in [5, 5.41) is 0.306. The molecular formula is C17H13ClF3N3O4S. The number of aromatic nitrogens is 1. The molecular weight excluding hydrogens is 435 g/mol. The van der Waals surface area contributed by atoms with E-state index in [-0.39, 0.29) is 12.2 Å². The number of carbonyl (C=O) groups excluding carboxylic acids is 2. The molecule has 3 amide bonds. The van der Waals surface area contributed by atoms with E-state index in [0.29, 0.717) is 22.7 Å². The third-order valence-electron chi connectivity index (χ3n) is 4.39. The lowest BCUT2D eigenvalue weighted by atomic mass is 10.2. The van der Waals surface area contributed by atoms with Crippen LogP contribution in [0.25, 0.3) is 0 Å². The SMILES string of the molecule is CC1C(=O)N(c2ccc(S(=O)(=O)C(F)(F)F)cc2)C(=O)N1Cc1ccncc1Cl. The van der Waals surface area contributed by atoms with Crippen LogP contribution in [0.3, 0.4) is 0 Å². The van der Waals surface area contributed by atoms with Crippen molar-refractivity contribution < 1.29 is 31.2 Å². The van der Waals surface area contributed by atoms with E-state index in [9.17, 15) is 31.2 Å². The van der Waals surface area contributed by atoms with Crippen molar-refractivity contribution >= 4 is 39.1 Å². The number of amides is 3. The number of hydrogen-bond acceptors (Lipinski definition) is 5. The molecule has 1 fully saturated rings. The molecule has 1 aromatic heterocycles. The van der Waals surface area contributed by atoms with E-state index in [1.54, 1.807) is 6.07 Å². The molecule has 1 unspecified atom stereocenters. The molecule has 12 heteroatoms. The van der Waals surface area contributed by atoms with Gasteiger partial charge in [-0.15, -0.1) is 0 Å². The number of benzene rings is 1. The summed E-state index contributed by atoms with van der Waals surface area (Å²) in [5.41, 5.74) is -4.94. The number of halogens is 4. The van der Waals surface area contributed by atoms with Crippen LogP contribution >= 0.6 is 11.6 Å². The van der Waals surface area contributed by atoms with Gasteiger partial charge in [-0.1, -0.05) is 11.6 Å². The first kappa shape index (κ1) is 21.1. The summed E-state index contributed by atoms with van der Waals surface area (Å²) in [4.78, 5) is 30.2. The van der Waals surface area contributed by atoms with Gasteiger partial charge in [-0.2, -0.15) is 13.2 Å². The van der Waals surface area contributed by atoms with Gasteiger partial charge in [0.25, 0.3) is 15.7 Å². The average Bonchev–Trinajstić information content (AvgIpc) is 2.86. The van der Waals surface area contributed by atoms with E-state index in [2.05, 4.69) is 4.98 Å². The predicted octanol–water partition coefficient (Wildman–Crippen LogP) is 3.39. The summed E-state index contributed by atoms with van der Waals surface area (Å²) in [6.45, 7) is 1.52. The van der Waals surface area contributed by atoms with Crippen molar-refractivity contribution in [3.63, 3.8) is 0 Å². The standard InChI is InChI=1S/C17H13ClF3N3O4S/c1-10-15(25)24(16(26)23(10)9-11-6-7-22-8-14(11)18)12-2-4-13(5-3-12)29(27,28)17(19,20)21/h2-8,10H,9H2,1H3. The predicted molar refractivity (Wildman–Crippen MR) is 96.8 cm³/mol. The van der Waals surface area contributed by atoms with Gasteiger partial charge in [-0.3, -0.25) is 9.78 Å². The lowest BCUT2D eigenvalue weighted by Crippen LogP contribution is -2.33. The van der Waals surface area contributed by atoms with E-state index in [1.807, 2.05) is 0 Å². The average molecular weight is 448 g/mol. The number of anilines is 1. The number of alkyl halides is 3. The molecule has 2 aromatic rings. The monoisotopic (exact) mass is 447 g/mol. The summed E-state index contributed by atoms with van der Waals surface area (Å²) in [6.07, 6.45) is 2.87. The van der Waals surface area contributed by atoms with Gasteiger partial charge in [0.05, 0.1) is 15.6 Å². The number of rotatable bonds is 4. The zero-order valence-electron chi connectivity index (χ0n) is 14.7. The second kappa shape index (κ2) is 7.30. The van der Waals surface area contributed by atoms with Gasteiger partial charge < -0.3 is 4.90 Å². The minimum atomic E-state index is -5.53. The third-order valence-corrected chi connectivity index (χ3v) is 6.23. The minimum absolute atomic E-state index is 0.0180. The molecule has 1 atom stereocenters. The van der Waals surface area contributed by atoms with Gasteiger partial charge >= 0.3 is 11.5 Å². The molecule has 0 bridgehead atoms. The van der Waals surface area contributed by atoms with Crippen molar-refractivity contribution in [1.29, 1.82) is 0 Å². The first-order valence-electron chi connectivity index (χ1n) is 8.09. The Labute approximate surface area is 168 Å². The Morgan fingerprint density at radius 2 is 1.76 bits per heavy atom. The van der Waals surface area contributed by atoms with Crippen molar-refractivity contribution in [2.75, 3.05) is 4.90 Å². The number of imide groups is 1. The summed E-state index contributed by atoms with van der Waals surface area (Å²) >= 11 is 6.04. The Kier molecular flexibility index (Phi) is 5.30. The van der Waals surface area contributed by atoms with Gasteiger partial charge in [0, 0.05) is 18.9 Å². The van der Waals surface area contributed by atoms with Crippen molar-refractivity contribution in [2.24, 2.45) is 0 Å². The minimum Gasteiger partial charge on any atom is -0.308 e. The molecule has 1 aliphatic rings. The second-order valence-corrected chi connectivity index (χ2v) is 8.52. The van der Waals surface area contributed by atoms with E-state index >= 15 is 0 Å². The largest absolute Gasteiger partial charge is 0.501 e. The third kappa shape index (κ3) is 3.67.